The van der Waals surface area contributed by atoms with Gasteiger partial charge in [0.15, 0.2) is 0 Å². The number of pyridine rings is 1. The van der Waals surface area contributed by atoms with Crippen molar-refractivity contribution in [1.29, 1.82) is 0 Å². The average Bonchev–Trinajstić information content (AvgIpc) is 1.97. The van der Waals surface area contributed by atoms with E-state index in [1.54, 1.807) is 0 Å². The quantitative estimate of drug-likeness (QED) is 0.743. The molecule has 0 spiro atoms. The highest BCUT2D eigenvalue weighted by Gasteiger charge is 2.17. The Bertz CT molecular complexity index is 302. The summed E-state index contributed by atoms with van der Waals surface area (Å²) in [5, 5.41) is -0.0995. The van der Waals surface area contributed by atoms with E-state index < -0.39 is 6.43 Å². The van der Waals surface area contributed by atoms with Crippen LogP contribution < -0.4 is 5.73 Å². The molecule has 1 rings (SSSR count). The summed E-state index contributed by atoms with van der Waals surface area (Å²) < 4.78 is 24.6. The van der Waals surface area contributed by atoms with E-state index in [1.807, 2.05) is 0 Å². The van der Waals surface area contributed by atoms with Crippen LogP contribution in [0.5, 0.6) is 0 Å². The molecule has 0 saturated carbocycles. The van der Waals surface area contributed by atoms with Crippen molar-refractivity contribution in [2.24, 2.45) is 0 Å². The van der Waals surface area contributed by atoms with Crippen molar-refractivity contribution in [1.82, 2.24) is 4.98 Å². The molecule has 1 aromatic heterocycles. The summed E-state index contributed by atoms with van der Waals surface area (Å²) in [6.45, 7) is 1.47. The van der Waals surface area contributed by atoms with Gasteiger partial charge in [-0.2, -0.15) is 0 Å². The SMILES string of the molecule is Cc1ncc(N)c(Cl)c1C(F)F. The minimum Gasteiger partial charge on any atom is -0.396 e. The molecule has 12 heavy (non-hydrogen) atoms. The Morgan fingerprint density at radius 3 is 2.58 bits per heavy atom. The van der Waals surface area contributed by atoms with Crippen LogP contribution in [0, 0.1) is 6.92 Å². The van der Waals surface area contributed by atoms with E-state index >= 15 is 0 Å². The Labute approximate surface area is 73.4 Å². The molecule has 0 amide bonds. The highest BCUT2D eigenvalue weighted by Crippen LogP contribution is 2.32. The number of anilines is 1. The van der Waals surface area contributed by atoms with Crippen molar-refractivity contribution in [3.63, 3.8) is 0 Å². The van der Waals surface area contributed by atoms with Gasteiger partial charge in [0.05, 0.1) is 22.5 Å². The molecule has 0 aliphatic heterocycles. The highest BCUT2D eigenvalue weighted by atomic mass is 35.5. The molecule has 0 fully saturated rings. The van der Waals surface area contributed by atoms with Crippen LogP contribution in [-0.4, -0.2) is 4.98 Å². The largest absolute Gasteiger partial charge is 0.396 e. The highest BCUT2D eigenvalue weighted by molar-refractivity contribution is 6.33. The Balaban J connectivity index is 3.33. The third-order valence-electron chi connectivity index (χ3n) is 1.50. The molecule has 0 aliphatic carbocycles. The van der Waals surface area contributed by atoms with Crippen molar-refractivity contribution in [2.75, 3.05) is 5.73 Å². The number of nitrogen functional groups attached to an aromatic ring is 1. The fourth-order valence-electron chi connectivity index (χ4n) is 0.861. The maximum Gasteiger partial charge on any atom is 0.267 e. The monoisotopic (exact) mass is 192 g/mol. The number of aryl methyl sites for hydroxylation is 1. The van der Waals surface area contributed by atoms with Crippen LogP contribution >= 0.6 is 11.6 Å². The zero-order valence-electron chi connectivity index (χ0n) is 6.31. The first-order chi connectivity index (χ1) is 5.54. The summed E-state index contributed by atoms with van der Waals surface area (Å²) in [4.78, 5) is 3.67. The Morgan fingerprint density at radius 1 is 1.58 bits per heavy atom. The van der Waals surface area contributed by atoms with Crippen LogP contribution in [0.2, 0.25) is 5.02 Å². The predicted molar refractivity (Wildman–Crippen MR) is 43.4 cm³/mol. The zero-order chi connectivity index (χ0) is 9.30. The van der Waals surface area contributed by atoms with Crippen molar-refractivity contribution < 1.29 is 8.78 Å². The number of nitrogens with two attached hydrogens (primary N) is 1. The smallest absolute Gasteiger partial charge is 0.267 e. The van der Waals surface area contributed by atoms with Crippen molar-refractivity contribution in [3.05, 3.63) is 22.5 Å². The van der Waals surface area contributed by atoms with Crippen molar-refractivity contribution in [3.8, 4) is 0 Å². The third-order valence-corrected chi connectivity index (χ3v) is 1.92. The number of alkyl halides is 2. The number of hydrogen-bond acceptors (Lipinski definition) is 2. The van der Waals surface area contributed by atoms with Gasteiger partial charge in [0.2, 0.25) is 0 Å². The molecule has 0 atom stereocenters. The molecule has 0 radical (unpaired) electrons. The summed E-state index contributed by atoms with van der Waals surface area (Å²) in [5.74, 6) is 0. The van der Waals surface area contributed by atoms with Crippen LogP contribution in [-0.2, 0) is 0 Å². The second-order valence-electron chi connectivity index (χ2n) is 2.33. The van der Waals surface area contributed by atoms with Gasteiger partial charge in [0.25, 0.3) is 6.43 Å². The summed E-state index contributed by atoms with van der Waals surface area (Å²) in [6, 6.07) is 0. The number of aromatic nitrogens is 1. The van der Waals surface area contributed by atoms with Gasteiger partial charge in [0, 0.05) is 5.69 Å². The summed E-state index contributed by atoms with van der Waals surface area (Å²) >= 11 is 5.55. The second-order valence-corrected chi connectivity index (χ2v) is 2.71. The standard InChI is InChI=1S/C7H7ClF2N2/c1-3-5(7(9)10)6(8)4(11)2-12-3/h2,7H,11H2,1H3. The molecular formula is C7H7ClF2N2. The minimum atomic E-state index is -2.63. The van der Waals surface area contributed by atoms with Crippen molar-refractivity contribution in [2.45, 2.75) is 13.3 Å². The lowest BCUT2D eigenvalue weighted by atomic mass is 10.2. The molecular weight excluding hydrogens is 186 g/mol. The van der Waals surface area contributed by atoms with Crippen LogP contribution in [0.15, 0.2) is 6.20 Å². The lowest BCUT2D eigenvalue weighted by Crippen LogP contribution is -1.98. The number of rotatable bonds is 1. The zero-order valence-corrected chi connectivity index (χ0v) is 7.07. The van der Waals surface area contributed by atoms with Gasteiger partial charge in [-0.1, -0.05) is 11.6 Å². The van der Waals surface area contributed by atoms with E-state index in [1.165, 1.54) is 13.1 Å². The first-order valence-electron chi connectivity index (χ1n) is 3.22. The van der Waals surface area contributed by atoms with E-state index in [9.17, 15) is 8.78 Å². The first-order valence-corrected chi connectivity index (χ1v) is 3.60. The number of hydrogen-bond donors (Lipinski definition) is 1. The molecule has 1 heterocycles. The number of halogens is 3. The molecule has 0 saturated heterocycles. The summed E-state index contributed by atoms with van der Waals surface area (Å²) in [7, 11) is 0. The molecule has 2 nitrogen and oxygen atoms in total. The van der Waals surface area contributed by atoms with Gasteiger partial charge in [-0.25, -0.2) is 8.78 Å². The predicted octanol–water partition coefficient (Wildman–Crippen LogP) is 2.56. The summed E-state index contributed by atoms with van der Waals surface area (Å²) in [6.07, 6.45) is -1.36. The van der Waals surface area contributed by atoms with E-state index in [0.717, 1.165) is 0 Å². The van der Waals surface area contributed by atoms with E-state index in [2.05, 4.69) is 4.98 Å². The topological polar surface area (TPSA) is 38.9 Å². The Morgan fingerprint density at radius 2 is 2.17 bits per heavy atom. The minimum absolute atomic E-state index is 0.0811. The molecule has 0 bridgehead atoms. The van der Waals surface area contributed by atoms with Gasteiger partial charge >= 0.3 is 0 Å². The maximum atomic E-state index is 12.3. The molecule has 1 aromatic rings. The molecule has 0 unspecified atom stereocenters. The van der Waals surface area contributed by atoms with E-state index in [0.29, 0.717) is 0 Å². The molecule has 0 aliphatic rings. The Kier molecular flexibility index (Phi) is 2.47. The first kappa shape index (κ1) is 9.19. The normalized spacial score (nSPS) is 10.8. The van der Waals surface area contributed by atoms with Gasteiger partial charge < -0.3 is 5.73 Å². The van der Waals surface area contributed by atoms with Crippen LogP contribution in [0.3, 0.4) is 0 Å². The van der Waals surface area contributed by atoms with Gasteiger partial charge in [-0.3, -0.25) is 4.98 Å². The third kappa shape index (κ3) is 1.48. The maximum absolute atomic E-state index is 12.3. The van der Waals surface area contributed by atoms with Crippen LogP contribution in [0.4, 0.5) is 14.5 Å². The average molecular weight is 193 g/mol. The fraction of sp³-hybridized carbons (Fsp3) is 0.286. The molecule has 66 valence electrons. The summed E-state index contributed by atoms with van der Waals surface area (Å²) in [5.41, 5.74) is 5.31. The van der Waals surface area contributed by atoms with Gasteiger partial charge in [0.1, 0.15) is 0 Å². The van der Waals surface area contributed by atoms with Crippen LogP contribution in [0.1, 0.15) is 17.7 Å². The fourth-order valence-corrected chi connectivity index (χ4v) is 1.13. The lowest BCUT2D eigenvalue weighted by Gasteiger charge is -2.07. The molecule has 0 aromatic carbocycles. The lowest BCUT2D eigenvalue weighted by molar-refractivity contribution is 0.150. The van der Waals surface area contributed by atoms with Crippen LogP contribution in [0.25, 0.3) is 0 Å². The van der Waals surface area contributed by atoms with Gasteiger partial charge in [-0.05, 0) is 6.92 Å². The molecule has 5 heteroatoms. The molecule has 2 N–H and O–H groups in total. The van der Waals surface area contributed by atoms with Gasteiger partial charge in [-0.15, -0.1) is 0 Å². The second kappa shape index (κ2) is 3.23. The van der Waals surface area contributed by atoms with Crippen molar-refractivity contribution >= 4 is 17.3 Å². The number of nitrogens with zero attached hydrogens (tertiary/aromatic N) is 1. The van der Waals surface area contributed by atoms with E-state index in [4.69, 9.17) is 17.3 Å². The van der Waals surface area contributed by atoms with E-state index in [-0.39, 0.29) is 22.0 Å². The Hall–Kier alpha value is -0.900.